The van der Waals surface area contributed by atoms with Gasteiger partial charge in [0.2, 0.25) is 0 Å². The SMILES string of the molecule is O=C1CN(C2CCCC2)C(=O)N1Cc1ccc(SC(F)F)cc1. The zero-order valence-corrected chi connectivity index (χ0v) is 13.4. The Kier molecular flexibility index (Phi) is 4.84. The van der Waals surface area contributed by atoms with Crippen molar-refractivity contribution in [2.45, 2.75) is 48.9 Å². The Morgan fingerprint density at radius 1 is 1.13 bits per heavy atom. The molecule has 3 rings (SSSR count). The van der Waals surface area contributed by atoms with Gasteiger partial charge in [0, 0.05) is 10.9 Å². The molecular formula is C16H18F2N2O2S. The van der Waals surface area contributed by atoms with Crippen LogP contribution >= 0.6 is 11.8 Å². The van der Waals surface area contributed by atoms with Gasteiger partial charge in [0.1, 0.15) is 6.54 Å². The van der Waals surface area contributed by atoms with Gasteiger partial charge in [0.25, 0.3) is 11.7 Å². The molecule has 2 aliphatic rings. The summed E-state index contributed by atoms with van der Waals surface area (Å²) >= 11 is 0.479. The van der Waals surface area contributed by atoms with Crippen molar-refractivity contribution in [1.29, 1.82) is 0 Å². The van der Waals surface area contributed by atoms with Crippen LogP contribution in [0.1, 0.15) is 31.2 Å². The topological polar surface area (TPSA) is 40.6 Å². The first-order chi connectivity index (χ1) is 11.0. The van der Waals surface area contributed by atoms with Crippen molar-refractivity contribution in [2.75, 3.05) is 6.54 Å². The van der Waals surface area contributed by atoms with Gasteiger partial charge in [-0.2, -0.15) is 8.78 Å². The largest absolute Gasteiger partial charge is 0.327 e. The third-order valence-electron chi connectivity index (χ3n) is 4.34. The van der Waals surface area contributed by atoms with Gasteiger partial charge in [0.15, 0.2) is 0 Å². The van der Waals surface area contributed by atoms with E-state index in [4.69, 9.17) is 0 Å². The van der Waals surface area contributed by atoms with Crippen LogP contribution < -0.4 is 0 Å². The molecule has 0 spiro atoms. The van der Waals surface area contributed by atoms with Gasteiger partial charge >= 0.3 is 6.03 Å². The summed E-state index contributed by atoms with van der Waals surface area (Å²) in [5.74, 6) is -2.64. The van der Waals surface area contributed by atoms with E-state index in [-0.39, 0.29) is 31.1 Å². The average molecular weight is 340 g/mol. The minimum Gasteiger partial charge on any atom is -0.312 e. The summed E-state index contributed by atoms with van der Waals surface area (Å²) in [5.41, 5.74) is 0.763. The molecule has 3 amide bonds. The third-order valence-corrected chi connectivity index (χ3v) is 5.06. The highest BCUT2D eigenvalue weighted by Crippen LogP contribution is 2.28. The smallest absolute Gasteiger partial charge is 0.312 e. The van der Waals surface area contributed by atoms with E-state index in [0.29, 0.717) is 16.7 Å². The number of halogens is 2. The van der Waals surface area contributed by atoms with Gasteiger partial charge in [-0.1, -0.05) is 36.7 Å². The molecule has 1 saturated heterocycles. The zero-order chi connectivity index (χ0) is 16.4. The molecule has 0 aromatic heterocycles. The fourth-order valence-electron chi connectivity index (χ4n) is 3.18. The second-order valence-corrected chi connectivity index (χ2v) is 6.91. The van der Waals surface area contributed by atoms with E-state index in [2.05, 4.69) is 0 Å². The average Bonchev–Trinajstić information content (AvgIpc) is 3.12. The van der Waals surface area contributed by atoms with Crippen LogP contribution in [-0.4, -0.2) is 40.1 Å². The molecule has 1 aliphatic carbocycles. The van der Waals surface area contributed by atoms with Crippen molar-refractivity contribution in [3.8, 4) is 0 Å². The van der Waals surface area contributed by atoms with E-state index in [1.54, 1.807) is 29.2 Å². The Hall–Kier alpha value is -1.63. The predicted octanol–water partition coefficient (Wildman–Crippen LogP) is 3.71. The van der Waals surface area contributed by atoms with E-state index in [1.165, 1.54) is 4.90 Å². The van der Waals surface area contributed by atoms with Crippen molar-refractivity contribution >= 4 is 23.7 Å². The Labute approximate surface area is 137 Å². The van der Waals surface area contributed by atoms with Crippen molar-refractivity contribution in [2.24, 2.45) is 0 Å². The highest BCUT2D eigenvalue weighted by molar-refractivity contribution is 7.99. The van der Waals surface area contributed by atoms with Gasteiger partial charge in [-0.3, -0.25) is 9.69 Å². The van der Waals surface area contributed by atoms with Gasteiger partial charge in [-0.15, -0.1) is 0 Å². The summed E-state index contributed by atoms with van der Waals surface area (Å²) in [6, 6.07) is 6.50. The number of carbonyl (C=O) groups excluding carboxylic acids is 2. The number of benzene rings is 1. The van der Waals surface area contributed by atoms with Crippen LogP contribution in [0.2, 0.25) is 0 Å². The molecule has 1 heterocycles. The van der Waals surface area contributed by atoms with E-state index >= 15 is 0 Å². The maximum atomic E-state index is 12.4. The Bertz CT molecular complexity index is 588. The summed E-state index contributed by atoms with van der Waals surface area (Å²) in [6.07, 6.45) is 4.14. The van der Waals surface area contributed by atoms with Crippen LogP contribution in [0.25, 0.3) is 0 Å². The monoisotopic (exact) mass is 340 g/mol. The molecule has 4 nitrogen and oxygen atoms in total. The summed E-state index contributed by atoms with van der Waals surface area (Å²) in [6.45, 7) is 0.351. The molecule has 0 atom stereocenters. The molecule has 1 aliphatic heterocycles. The Morgan fingerprint density at radius 3 is 2.39 bits per heavy atom. The zero-order valence-electron chi connectivity index (χ0n) is 12.6. The molecule has 1 aromatic carbocycles. The lowest BCUT2D eigenvalue weighted by Crippen LogP contribution is -2.37. The van der Waals surface area contributed by atoms with E-state index < -0.39 is 5.76 Å². The molecule has 2 fully saturated rings. The summed E-state index contributed by atoms with van der Waals surface area (Å²) in [4.78, 5) is 28.0. The standard InChI is InChI=1S/C16H18F2N2O2S/c17-15(18)23-13-7-5-11(6-8-13)9-20-14(21)10-19(16(20)22)12-3-1-2-4-12/h5-8,12,15H,1-4,9-10H2. The van der Waals surface area contributed by atoms with Crippen LogP contribution in [0, 0.1) is 0 Å². The van der Waals surface area contributed by atoms with Crippen LogP contribution in [0.5, 0.6) is 0 Å². The lowest BCUT2D eigenvalue weighted by atomic mass is 10.2. The molecule has 7 heteroatoms. The molecule has 0 unspecified atom stereocenters. The van der Waals surface area contributed by atoms with E-state index in [0.717, 1.165) is 31.2 Å². The Balaban J connectivity index is 1.65. The van der Waals surface area contributed by atoms with Crippen LogP contribution in [0.3, 0.4) is 0 Å². The van der Waals surface area contributed by atoms with Crippen LogP contribution in [-0.2, 0) is 11.3 Å². The predicted molar refractivity (Wildman–Crippen MR) is 83.2 cm³/mol. The van der Waals surface area contributed by atoms with Gasteiger partial charge in [0.05, 0.1) is 6.54 Å². The van der Waals surface area contributed by atoms with Crippen LogP contribution in [0.15, 0.2) is 29.2 Å². The third kappa shape index (κ3) is 3.65. The number of hydrogen-bond acceptors (Lipinski definition) is 3. The lowest BCUT2D eigenvalue weighted by Gasteiger charge is -2.23. The number of rotatable bonds is 5. The first-order valence-corrected chi connectivity index (χ1v) is 8.57. The highest BCUT2D eigenvalue weighted by atomic mass is 32.2. The molecule has 0 N–H and O–H groups in total. The molecule has 124 valence electrons. The molecule has 23 heavy (non-hydrogen) atoms. The Morgan fingerprint density at radius 2 is 1.78 bits per heavy atom. The molecule has 1 saturated carbocycles. The second kappa shape index (κ2) is 6.86. The number of carbonyl (C=O) groups is 2. The number of hydrogen-bond donors (Lipinski definition) is 0. The fraction of sp³-hybridized carbons (Fsp3) is 0.500. The minimum absolute atomic E-state index is 0.156. The highest BCUT2D eigenvalue weighted by Gasteiger charge is 2.40. The first-order valence-electron chi connectivity index (χ1n) is 7.69. The van der Waals surface area contributed by atoms with E-state index in [1.807, 2.05) is 0 Å². The maximum Gasteiger partial charge on any atom is 0.327 e. The van der Waals surface area contributed by atoms with Crippen LogP contribution in [0.4, 0.5) is 13.6 Å². The van der Waals surface area contributed by atoms with E-state index in [9.17, 15) is 18.4 Å². The van der Waals surface area contributed by atoms with Crippen molar-refractivity contribution in [3.63, 3.8) is 0 Å². The number of nitrogens with zero attached hydrogens (tertiary/aromatic N) is 2. The quantitative estimate of drug-likeness (QED) is 0.606. The minimum atomic E-state index is -2.46. The number of urea groups is 1. The molecular weight excluding hydrogens is 322 g/mol. The van der Waals surface area contributed by atoms with Gasteiger partial charge in [-0.25, -0.2) is 4.79 Å². The molecule has 0 radical (unpaired) electrons. The molecule has 1 aromatic rings. The van der Waals surface area contributed by atoms with Crippen molar-refractivity contribution in [3.05, 3.63) is 29.8 Å². The lowest BCUT2D eigenvalue weighted by molar-refractivity contribution is -0.125. The van der Waals surface area contributed by atoms with Crippen molar-refractivity contribution in [1.82, 2.24) is 9.80 Å². The number of imide groups is 1. The summed E-state index contributed by atoms with van der Waals surface area (Å²) < 4.78 is 24.6. The van der Waals surface area contributed by atoms with Crippen molar-refractivity contribution < 1.29 is 18.4 Å². The number of thioether (sulfide) groups is 1. The molecule has 0 bridgehead atoms. The van der Waals surface area contributed by atoms with Gasteiger partial charge in [-0.05, 0) is 30.5 Å². The summed E-state index contributed by atoms with van der Waals surface area (Å²) in [7, 11) is 0. The number of amides is 3. The fourth-order valence-corrected chi connectivity index (χ4v) is 3.68. The maximum absolute atomic E-state index is 12.4. The summed E-state index contributed by atoms with van der Waals surface area (Å²) in [5, 5.41) is 0. The van der Waals surface area contributed by atoms with Gasteiger partial charge < -0.3 is 4.90 Å². The first kappa shape index (κ1) is 16.2. The number of alkyl halides is 2. The normalized spacial score (nSPS) is 19.4. The second-order valence-electron chi connectivity index (χ2n) is 5.85.